The Morgan fingerprint density at radius 2 is 2.00 bits per heavy atom. The van der Waals surface area contributed by atoms with Crippen LogP contribution in [0.25, 0.3) is 16.8 Å². The number of aryl methyl sites for hydroxylation is 1. The van der Waals surface area contributed by atoms with E-state index in [9.17, 15) is 18.3 Å². The molecule has 1 aliphatic carbocycles. The standard InChI is InChI=1S/C20H22F3N5O2/c1-11-6-16-17(15-5-4-14(30-3)7-12(15)8-20(21,22)23)25-26-18(28(16)27-11)24-13-9-19(2,29)10-13/h4-7,13,29H,8-10H2,1-3H3,(H,24,26). The van der Waals surface area contributed by atoms with Gasteiger partial charge in [0.2, 0.25) is 5.95 Å². The molecule has 2 heterocycles. The molecule has 4 rings (SSSR count). The van der Waals surface area contributed by atoms with Gasteiger partial charge in [-0.3, -0.25) is 0 Å². The maximum absolute atomic E-state index is 13.2. The van der Waals surface area contributed by atoms with Gasteiger partial charge in [0.15, 0.2) is 0 Å². The van der Waals surface area contributed by atoms with E-state index < -0.39 is 18.2 Å². The summed E-state index contributed by atoms with van der Waals surface area (Å²) < 4.78 is 46.2. The van der Waals surface area contributed by atoms with Crippen molar-refractivity contribution in [3.05, 3.63) is 35.5 Å². The first-order valence-corrected chi connectivity index (χ1v) is 9.51. The minimum absolute atomic E-state index is 0.0228. The summed E-state index contributed by atoms with van der Waals surface area (Å²) >= 11 is 0. The highest BCUT2D eigenvalue weighted by molar-refractivity contribution is 5.80. The van der Waals surface area contributed by atoms with Gasteiger partial charge in [-0.1, -0.05) is 0 Å². The fraction of sp³-hybridized carbons (Fsp3) is 0.450. The number of nitrogens with one attached hydrogen (secondary N) is 1. The van der Waals surface area contributed by atoms with Gasteiger partial charge in [-0.25, -0.2) is 0 Å². The fourth-order valence-electron chi connectivity index (χ4n) is 3.88. The molecule has 0 aliphatic heterocycles. The van der Waals surface area contributed by atoms with Gasteiger partial charge in [0.1, 0.15) is 11.4 Å². The number of ether oxygens (including phenoxy) is 1. The normalized spacial score (nSPS) is 21.5. The first kappa shape index (κ1) is 20.4. The Morgan fingerprint density at radius 3 is 2.63 bits per heavy atom. The molecule has 0 spiro atoms. The van der Waals surface area contributed by atoms with E-state index in [4.69, 9.17) is 4.74 Å². The van der Waals surface area contributed by atoms with Gasteiger partial charge in [0.05, 0.1) is 30.3 Å². The molecule has 0 radical (unpaired) electrons. The summed E-state index contributed by atoms with van der Waals surface area (Å²) in [5.74, 6) is 0.718. The topological polar surface area (TPSA) is 84.6 Å². The first-order valence-electron chi connectivity index (χ1n) is 9.51. The number of hydrogen-bond acceptors (Lipinski definition) is 6. The van der Waals surface area contributed by atoms with Crippen molar-refractivity contribution >= 4 is 11.5 Å². The molecule has 2 N–H and O–H groups in total. The molecule has 0 atom stereocenters. The van der Waals surface area contributed by atoms with Crippen LogP contribution in [0.3, 0.4) is 0 Å². The number of rotatable bonds is 5. The molecule has 1 saturated carbocycles. The second-order valence-corrected chi connectivity index (χ2v) is 8.02. The maximum Gasteiger partial charge on any atom is 0.393 e. The van der Waals surface area contributed by atoms with Gasteiger partial charge in [0.25, 0.3) is 0 Å². The maximum atomic E-state index is 13.2. The van der Waals surface area contributed by atoms with Crippen LogP contribution >= 0.6 is 0 Å². The Bertz CT molecular complexity index is 1090. The van der Waals surface area contributed by atoms with E-state index in [1.54, 1.807) is 36.6 Å². The van der Waals surface area contributed by atoms with Crippen LogP contribution in [0.2, 0.25) is 0 Å². The molecule has 0 saturated heterocycles. The average Bonchev–Trinajstić information content (AvgIpc) is 3.01. The highest BCUT2D eigenvalue weighted by Crippen LogP contribution is 2.36. The van der Waals surface area contributed by atoms with Crippen molar-refractivity contribution in [3.63, 3.8) is 0 Å². The van der Waals surface area contributed by atoms with Gasteiger partial charge in [0, 0.05) is 11.6 Å². The van der Waals surface area contributed by atoms with Crippen LogP contribution in [0.15, 0.2) is 24.3 Å². The summed E-state index contributed by atoms with van der Waals surface area (Å²) in [4.78, 5) is 0. The number of halogens is 3. The molecule has 0 amide bonds. The third kappa shape index (κ3) is 4.04. The number of benzene rings is 1. The van der Waals surface area contributed by atoms with Gasteiger partial charge < -0.3 is 15.2 Å². The van der Waals surface area contributed by atoms with Crippen LogP contribution in [0.4, 0.5) is 19.1 Å². The van der Waals surface area contributed by atoms with E-state index in [2.05, 4.69) is 20.6 Å². The van der Waals surface area contributed by atoms with Crippen LogP contribution in [0.1, 0.15) is 31.0 Å². The lowest BCUT2D eigenvalue weighted by Crippen LogP contribution is -2.48. The third-order valence-corrected chi connectivity index (χ3v) is 5.18. The molecule has 7 nitrogen and oxygen atoms in total. The molecule has 1 aliphatic rings. The minimum atomic E-state index is -4.39. The van der Waals surface area contributed by atoms with Crippen molar-refractivity contribution < 1.29 is 23.0 Å². The summed E-state index contributed by atoms with van der Waals surface area (Å²) in [6.07, 6.45) is -4.37. The highest BCUT2D eigenvalue weighted by atomic mass is 19.4. The number of fused-ring (bicyclic) bond motifs is 1. The Hall–Kier alpha value is -2.88. The Kier molecular flexibility index (Phi) is 4.84. The van der Waals surface area contributed by atoms with Gasteiger partial charge in [-0.2, -0.15) is 22.8 Å². The van der Waals surface area contributed by atoms with Crippen molar-refractivity contribution in [1.82, 2.24) is 19.8 Å². The van der Waals surface area contributed by atoms with Crippen molar-refractivity contribution in [1.29, 1.82) is 0 Å². The lowest BCUT2D eigenvalue weighted by atomic mass is 9.77. The summed E-state index contributed by atoms with van der Waals surface area (Å²) in [6, 6.07) is 6.30. The smallest absolute Gasteiger partial charge is 0.393 e. The SMILES string of the molecule is COc1ccc(-c2nnc(NC3CC(C)(O)C3)n3nc(C)cc23)c(CC(F)(F)F)c1. The van der Waals surface area contributed by atoms with Gasteiger partial charge >= 0.3 is 6.18 Å². The number of anilines is 1. The number of methoxy groups -OCH3 is 1. The molecule has 0 unspecified atom stereocenters. The van der Waals surface area contributed by atoms with E-state index in [0.29, 0.717) is 47.0 Å². The minimum Gasteiger partial charge on any atom is -0.497 e. The quantitative estimate of drug-likeness (QED) is 0.656. The molecular formula is C20H22F3N5O2. The Labute approximate surface area is 170 Å². The van der Waals surface area contributed by atoms with Crippen LogP contribution in [-0.2, 0) is 6.42 Å². The third-order valence-electron chi connectivity index (χ3n) is 5.18. The van der Waals surface area contributed by atoms with E-state index in [1.165, 1.54) is 13.2 Å². The number of aliphatic hydroxyl groups is 1. The van der Waals surface area contributed by atoms with E-state index >= 15 is 0 Å². The molecule has 3 aromatic rings. The lowest BCUT2D eigenvalue weighted by Gasteiger charge is -2.41. The molecule has 0 bridgehead atoms. The average molecular weight is 421 g/mol. The summed E-state index contributed by atoms with van der Waals surface area (Å²) in [6.45, 7) is 3.55. The number of hydrogen-bond donors (Lipinski definition) is 2. The largest absolute Gasteiger partial charge is 0.497 e. The van der Waals surface area contributed by atoms with Crippen LogP contribution in [0.5, 0.6) is 5.75 Å². The summed E-state index contributed by atoms with van der Waals surface area (Å²) in [5, 5.41) is 26.0. The van der Waals surface area contributed by atoms with Crippen LogP contribution in [-0.4, -0.2) is 49.8 Å². The molecule has 2 aromatic heterocycles. The first-order chi connectivity index (χ1) is 14.0. The zero-order valence-corrected chi connectivity index (χ0v) is 16.8. The summed E-state index contributed by atoms with van der Waals surface area (Å²) in [5.41, 5.74) is 1.20. The van der Waals surface area contributed by atoms with E-state index in [-0.39, 0.29) is 11.6 Å². The number of aromatic nitrogens is 4. The zero-order valence-electron chi connectivity index (χ0n) is 16.8. The van der Waals surface area contributed by atoms with Crippen LogP contribution < -0.4 is 10.1 Å². The molecule has 10 heteroatoms. The lowest BCUT2D eigenvalue weighted by molar-refractivity contribution is -0.127. The van der Waals surface area contributed by atoms with Crippen molar-refractivity contribution in [2.24, 2.45) is 0 Å². The Balaban J connectivity index is 1.78. The van der Waals surface area contributed by atoms with Crippen molar-refractivity contribution in [2.45, 2.75) is 50.9 Å². The Morgan fingerprint density at radius 1 is 1.27 bits per heavy atom. The second kappa shape index (κ2) is 7.12. The second-order valence-electron chi connectivity index (χ2n) is 8.02. The number of alkyl halides is 3. The predicted octanol–water partition coefficient (Wildman–Crippen LogP) is 3.54. The highest BCUT2D eigenvalue weighted by Gasteiger charge is 2.39. The van der Waals surface area contributed by atoms with Gasteiger partial charge in [-0.15, -0.1) is 10.2 Å². The van der Waals surface area contributed by atoms with Gasteiger partial charge in [-0.05, 0) is 56.5 Å². The van der Waals surface area contributed by atoms with Crippen molar-refractivity contribution in [2.75, 3.05) is 12.4 Å². The molecule has 1 aromatic carbocycles. The fourth-order valence-corrected chi connectivity index (χ4v) is 3.88. The van der Waals surface area contributed by atoms with Crippen molar-refractivity contribution in [3.8, 4) is 17.0 Å². The molecular weight excluding hydrogens is 399 g/mol. The van der Waals surface area contributed by atoms with E-state index in [0.717, 1.165) is 0 Å². The zero-order chi connectivity index (χ0) is 21.7. The monoisotopic (exact) mass is 421 g/mol. The summed E-state index contributed by atoms with van der Waals surface area (Å²) in [7, 11) is 1.41. The molecule has 30 heavy (non-hydrogen) atoms. The molecule has 1 fully saturated rings. The molecule has 160 valence electrons. The predicted molar refractivity (Wildman–Crippen MR) is 105 cm³/mol. The van der Waals surface area contributed by atoms with E-state index in [1.807, 2.05) is 0 Å². The van der Waals surface area contributed by atoms with Crippen LogP contribution in [0, 0.1) is 6.92 Å². The number of nitrogens with zero attached hydrogens (tertiary/aromatic N) is 4.